The summed E-state index contributed by atoms with van der Waals surface area (Å²) < 4.78 is 59.1. The average molecular weight is 677 g/mol. The van der Waals surface area contributed by atoms with Crippen molar-refractivity contribution in [1.29, 1.82) is 0 Å². The van der Waals surface area contributed by atoms with E-state index in [9.17, 15) is 36.9 Å². The Morgan fingerprint density at radius 3 is 2.22 bits per heavy atom. The number of carboxylic acid groups (broad SMARTS) is 1. The van der Waals surface area contributed by atoms with Crippen LogP contribution in [0.3, 0.4) is 0 Å². The SMILES string of the molecule is CCC(C(=O)O)c1ccc(S(=O)(=O)Nc2ccc(N3CCC(NC[C@H](O)COc4ccc(O)c(NS(C)(=O)=O)c4)CC3)cc2)cc1. The highest BCUT2D eigenvalue weighted by molar-refractivity contribution is 7.92. The number of nitrogens with one attached hydrogen (secondary N) is 3. The number of benzene rings is 3. The fraction of sp³-hybridized carbons (Fsp3) is 0.387. The van der Waals surface area contributed by atoms with Crippen molar-refractivity contribution in [2.75, 3.05) is 46.8 Å². The van der Waals surface area contributed by atoms with Crippen molar-refractivity contribution >= 4 is 43.1 Å². The number of aliphatic hydroxyl groups excluding tert-OH is 1. The van der Waals surface area contributed by atoms with Gasteiger partial charge in [0.2, 0.25) is 10.0 Å². The van der Waals surface area contributed by atoms with Gasteiger partial charge >= 0.3 is 5.97 Å². The summed E-state index contributed by atoms with van der Waals surface area (Å²) in [6.07, 6.45) is 2.22. The lowest BCUT2D eigenvalue weighted by Crippen LogP contribution is -2.45. The average Bonchev–Trinajstić information content (AvgIpc) is 3.00. The minimum atomic E-state index is -3.86. The Morgan fingerprint density at radius 2 is 1.63 bits per heavy atom. The van der Waals surface area contributed by atoms with Gasteiger partial charge in [-0.2, -0.15) is 0 Å². The largest absolute Gasteiger partial charge is 0.506 e. The maximum atomic E-state index is 12.9. The number of aromatic hydroxyl groups is 1. The molecule has 0 amide bonds. The molecule has 0 radical (unpaired) electrons. The van der Waals surface area contributed by atoms with Crippen LogP contribution < -0.4 is 24.4 Å². The van der Waals surface area contributed by atoms with Crippen molar-refractivity contribution in [1.82, 2.24) is 5.32 Å². The van der Waals surface area contributed by atoms with Crippen molar-refractivity contribution in [3.63, 3.8) is 0 Å². The van der Waals surface area contributed by atoms with Gasteiger partial charge in [-0.15, -0.1) is 0 Å². The first-order chi connectivity index (χ1) is 21.7. The van der Waals surface area contributed by atoms with Gasteiger partial charge in [0.1, 0.15) is 24.2 Å². The first kappa shape index (κ1) is 34.8. The molecule has 0 bridgehead atoms. The van der Waals surface area contributed by atoms with E-state index in [1.54, 1.807) is 19.1 Å². The monoisotopic (exact) mass is 676 g/mol. The van der Waals surface area contributed by atoms with Gasteiger partial charge in [0.15, 0.2) is 0 Å². The van der Waals surface area contributed by atoms with E-state index in [4.69, 9.17) is 4.74 Å². The molecule has 1 fully saturated rings. The number of aliphatic carboxylic acids is 1. The number of carboxylic acids is 1. The van der Waals surface area contributed by atoms with Crippen LogP contribution >= 0.6 is 0 Å². The smallest absolute Gasteiger partial charge is 0.310 e. The predicted molar refractivity (Wildman–Crippen MR) is 176 cm³/mol. The molecule has 15 heteroatoms. The van der Waals surface area contributed by atoms with Crippen molar-refractivity contribution in [2.24, 2.45) is 0 Å². The molecule has 13 nitrogen and oxygen atoms in total. The van der Waals surface area contributed by atoms with E-state index in [1.807, 2.05) is 12.1 Å². The number of sulfonamides is 2. The lowest BCUT2D eigenvalue weighted by atomic mass is 9.97. The molecule has 1 unspecified atom stereocenters. The van der Waals surface area contributed by atoms with Crippen molar-refractivity contribution < 1.29 is 41.7 Å². The molecule has 6 N–H and O–H groups in total. The number of nitrogens with zero attached hydrogens (tertiary/aromatic N) is 1. The molecule has 4 rings (SSSR count). The number of piperidine rings is 1. The van der Waals surface area contributed by atoms with E-state index in [0.717, 1.165) is 37.9 Å². The summed E-state index contributed by atoms with van der Waals surface area (Å²) in [6, 6.07) is 17.3. The van der Waals surface area contributed by atoms with Crippen LogP contribution in [0.25, 0.3) is 0 Å². The molecular formula is C31H40N4O9S2. The Kier molecular flexibility index (Phi) is 11.4. The van der Waals surface area contributed by atoms with Crippen molar-refractivity contribution in [3.8, 4) is 11.5 Å². The topological polar surface area (TPSA) is 195 Å². The van der Waals surface area contributed by atoms with Gasteiger partial charge in [-0.05, 0) is 73.4 Å². The van der Waals surface area contributed by atoms with Crippen LogP contribution in [-0.4, -0.2) is 82.8 Å². The maximum Gasteiger partial charge on any atom is 0.310 e. The molecule has 1 aliphatic rings. The predicted octanol–water partition coefficient (Wildman–Crippen LogP) is 3.14. The van der Waals surface area contributed by atoms with E-state index >= 15 is 0 Å². The molecule has 1 aliphatic heterocycles. The summed E-state index contributed by atoms with van der Waals surface area (Å²) in [4.78, 5) is 13.6. The summed E-state index contributed by atoms with van der Waals surface area (Å²) in [6.45, 7) is 3.57. The highest BCUT2D eigenvalue weighted by atomic mass is 32.2. The first-order valence-corrected chi connectivity index (χ1v) is 18.2. The Hall–Kier alpha value is -4.05. The van der Waals surface area contributed by atoms with Crippen LogP contribution in [0.4, 0.5) is 17.1 Å². The zero-order valence-electron chi connectivity index (χ0n) is 25.6. The standard InChI is InChI=1S/C31H40N4O9S2/c1-3-28(31(38)39)21-4-11-27(12-5-21)46(42,43)33-23-6-8-24(9-7-23)35-16-14-22(15-17-35)32-19-25(36)20-44-26-10-13-30(37)29(18-26)34-45(2,40)41/h4-13,18,22,25,28,32-34,36-37H,3,14-17,19-20H2,1-2H3,(H,38,39)/t25-,28?/m0/s1. The van der Waals surface area contributed by atoms with Crippen LogP contribution in [-0.2, 0) is 24.8 Å². The van der Waals surface area contributed by atoms with Gasteiger partial charge in [-0.25, -0.2) is 16.8 Å². The number of phenols is 1. The fourth-order valence-electron chi connectivity index (χ4n) is 5.17. The zero-order valence-corrected chi connectivity index (χ0v) is 27.2. The Bertz CT molecular complexity index is 1690. The van der Waals surface area contributed by atoms with Crippen LogP contribution in [0.5, 0.6) is 11.5 Å². The molecular weight excluding hydrogens is 636 g/mol. The van der Waals surface area contributed by atoms with Gasteiger partial charge in [0, 0.05) is 43.1 Å². The van der Waals surface area contributed by atoms with Crippen LogP contribution in [0, 0.1) is 0 Å². The van der Waals surface area contributed by atoms with Gasteiger partial charge in [-0.3, -0.25) is 14.2 Å². The summed E-state index contributed by atoms with van der Waals surface area (Å²) in [5.74, 6) is -1.58. The normalized spacial score (nSPS) is 15.6. The van der Waals surface area contributed by atoms with E-state index in [1.165, 1.54) is 42.5 Å². The molecule has 250 valence electrons. The number of anilines is 3. The molecule has 0 saturated carbocycles. The second kappa shape index (κ2) is 15.0. The van der Waals surface area contributed by atoms with Crippen molar-refractivity contribution in [2.45, 2.75) is 49.1 Å². The molecule has 0 aliphatic carbocycles. The van der Waals surface area contributed by atoms with Gasteiger partial charge in [0.25, 0.3) is 10.0 Å². The molecule has 1 saturated heterocycles. The van der Waals surface area contributed by atoms with Gasteiger partial charge in [-0.1, -0.05) is 19.1 Å². The van der Waals surface area contributed by atoms with Crippen molar-refractivity contribution in [3.05, 3.63) is 72.3 Å². The van der Waals surface area contributed by atoms with Crippen LogP contribution in [0.1, 0.15) is 37.7 Å². The summed E-state index contributed by atoms with van der Waals surface area (Å²) in [7, 11) is -7.44. The lowest BCUT2D eigenvalue weighted by Gasteiger charge is -2.34. The first-order valence-electron chi connectivity index (χ1n) is 14.8. The number of ether oxygens (including phenoxy) is 1. The van der Waals surface area contributed by atoms with Crippen LogP contribution in [0.2, 0.25) is 0 Å². The number of rotatable bonds is 15. The maximum absolute atomic E-state index is 12.9. The van der Waals surface area contributed by atoms with E-state index in [0.29, 0.717) is 30.0 Å². The molecule has 46 heavy (non-hydrogen) atoms. The Morgan fingerprint density at radius 1 is 0.978 bits per heavy atom. The third-order valence-electron chi connectivity index (χ3n) is 7.63. The zero-order chi connectivity index (χ0) is 33.5. The van der Waals surface area contributed by atoms with E-state index < -0.39 is 38.0 Å². The summed E-state index contributed by atoms with van der Waals surface area (Å²) >= 11 is 0. The quantitative estimate of drug-likeness (QED) is 0.130. The number of carbonyl (C=O) groups is 1. The molecule has 0 aromatic heterocycles. The number of hydrogen-bond acceptors (Lipinski definition) is 10. The number of phenolic OH excluding ortho intramolecular Hbond substituents is 1. The minimum absolute atomic E-state index is 0.0121. The van der Waals surface area contributed by atoms with Gasteiger partial charge < -0.3 is 30.3 Å². The Labute approximate surface area is 269 Å². The molecule has 1 heterocycles. The highest BCUT2D eigenvalue weighted by Crippen LogP contribution is 2.29. The molecule has 3 aromatic carbocycles. The highest BCUT2D eigenvalue weighted by Gasteiger charge is 2.22. The minimum Gasteiger partial charge on any atom is -0.506 e. The molecule has 2 atom stereocenters. The van der Waals surface area contributed by atoms with Gasteiger partial charge in [0.05, 0.1) is 22.8 Å². The van der Waals surface area contributed by atoms with E-state index in [-0.39, 0.29) is 29.0 Å². The number of hydrogen-bond donors (Lipinski definition) is 6. The van der Waals surface area contributed by atoms with E-state index in [2.05, 4.69) is 19.7 Å². The third kappa shape index (κ3) is 9.72. The second-order valence-corrected chi connectivity index (χ2v) is 14.6. The third-order valence-corrected chi connectivity index (χ3v) is 9.61. The van der Waals surface area contributed by atoms with Crippen LogP contribution in [0.15, 0.2) is 71.6 Å². The molecule has 0 spiro atoms. The summed E-state index contributed by atoms with van der Waals surface area (Å²) in [5, 5.41) is 32.9. The fourth-order valence-corrected chi connectivity index (χ4v) is 6.79. The number of aliphatic hydroxyl groups is 1. The second-order valence-electron chi connectivity index (χ2n) is 11.2. The molecule has 3 aromatic rings. The Balaban J connectivity index is 1.21. The summed E-state index contributed by atoms with van der Waals surface area (Å²) in [5.41, 5.74) is 1.90. The lowest BCUT2D eigenvalue weighted by molar-refractivity contribution is -0.138.